The van der Waals surface area contributed by atoms with Crippen LogP contribution in [0.1, 0.15) is 5.56 Å². The number of ketones is 1. The maximum absolute atomic E-state index is 12.9. The number of benzene rings is 2. The van der Waals surface area contributed by atoms with E-state index in [2.05, 4.69) is 20.9 Å². The maximum atomic E-state index is 12.9. The first kappa shape index (κ1) is 19.7. The van der Waals surface area contributed by atoms with Crippen molar-refractivity contribution in [2.24, 2.45) is 4.99 Å². The Balaban J connectivity index is 2.48. The Morgan fingerprint density at radius 3 is 2.19 bits per heavy atom. The summed E-state index contributed by atoms with van der Waals surface area (Å²) in [6, 6.07) is 12.0. The van der Waals surface area contributed by atoms with Crippen LogP contribution in [0.25, 0.3) is 5.76 Å². The number of aliphatic hydroxyl groups is 1. The van der Waals surface area contributed by atoms with Crippen LogP contribution >= 0.6 is 15.9 Å². The van der Waals surface area contributed by atoms with Crippen molar-refractivity contribution < 1.29 is 27.8 Å². The number of methoxy groups -OCH3 is 1. The van der Waals surface area contributed by atoms with Crippen LogP contribution in [0.2, 0.25) is 0 Å². The smallest absolute Gasteiger partial charge is 0.455 e. The number of Topliss-reactive ketones (excluding diaryl/α,β-unsaturated/α-hetero) is 1. The van der Waals surface area contributed by atoms with Gasteiger partial charge in [-0.05, 0) is 48.5 Å². The minimum absolute atomic E-state index is 0.0284. The maximum Gasteiger partial charge on any atom is 0.455 e. The number of alkyl halides is 3. The van der Waals surface area contributed by atoms with E-state index in [1.165, 1.54) is 31.4 Å². The summed E-state index contributed by atoms with van der Waals surface area (Å²) in [7, 11) is 1.42. The fourth-order valence-corrected chi connectivity index (χ4v) is 2.21. The van der Waals surface area contributed by atoms with Gasteiger partial charge in [-0.3, -0.25) is 9.79 Å². The summed E-state index contributed by atoms with van der Waals surface area (Å²) in [4.78, 5) is 15.6. The average Bonchev–Trinajstić information content (AvgIpc) is 2.62. The van der Waals surface area contributed by atoms with Crippen LogP contribution < -0.4 is 4.74 Å². The van der Waals surface area contributed by atoms with Crippen LogP contribution in [-0.4, -0.2) is 30.4 Å². The number of aliphatic hydroxyl groups excluding tert-OH is 1. The van der Waals surface area contributed by atoms with Gasteiger partial charge >= 0.3 is 6.18 Å². The molecule has 0 saturated heterocycles. The molecule has 4 nitrogen and oxygen atoms in total. The Kier molecular flexibility index (Phi) is 6.20. The van der Waals surface area contributed by atoms with E-state index in [9.17, 15) is 23.1 Å². The van der Waals surface area contributed by atoms with E-state index in [1.54, 1.807) is 24.3 Å². The van der Waals surface area contributed by atoms with Crippen molar-refractivity contribution in [3.05, 3.63) is 64.1 Å². The lowest BCUT2D eigenvalue weighted by atomic mass is 10.0. The van der Waals surface area contributed by atoms with E-state index >= 15 is 0 Å². The third-order valence-corrected chi connectivity index (χ3v) is 3.82. The van der Waals surface area contributed by atoms with Gasteiger partial charge < -0.3 is 9.84 Å². The molecular weight excluding hydrogens is 415 g/mol. The molecule has 0 unspecified atom stereocenters. The third-order valence-electron chi connectivity index (χ3n) is 3.29. The van der Waals surface area contributed by atoms with Gasteiger partial charge in [0.15, 0.2) is 0 Å². The first-order chi connectivity index (χ1) is 12.2. The van der Waals surface area contributed by atoms with Crippen LogP contribution in [0.5, 0.6) is 5.75 Å². The Labute approximate surface area is 155 Å². The number of allylic oxidation sites excluding steroid dienone is 1. The highest BCUT2D eigenvalue weighted by atomic mass is 79.9. The van der Waals surface area contributed by atoms with E-state index in [0.717, 1.165) is 4.47 Å². The Morgan fingerprint density at radius 1 is 1.12 bits per heavy atom. The van der Waals surface area contributed by atoms with Crippen LogP contribution in [-0.2, 0) is 4.79 Å². The number of carbonyl (C=O) groups is 1. The van der Waals surface area contributed by atoms with Crippen molar-refractivity contribution in [3.63, 3.8) is 0 Å². The van der Waals surface area contributed by atoms with Crippen molar-refractivity contribution in [3.8, 4) is 5.75 Å². The van der Waals surface area contributed by atoms with E-state index < -0.39 is 23.3 Å². The zero-order valence-corrected chi connectivity index (χ0v) is 15.0. The largest absolute Gasteiger partial charge is 0.506 e. The summed E-state index contributed by atoms with van der Waals surface area (Å²) in [5.41, 5.74) is -0.602. The topological polar surface area (TPSA) is 58.9 Å². The highest BCUT2D eigenvalue weighted by Crippen LogP contribution is 2.26. The summed E-state index contributed by atoms with van der Waals surface area (Å²) in [5, 5.41) is 10.2. The first-order valence-corrected chi connectivity index (χ1v) is 8.00. The predicted molar refractivity (Wildman–Crippen MR) is 95.9 cm³/mol. The molecule has 0 aliphatic rings. The molecule has 0 atom stereocenters. The SMILES string of the molecule is COc1ccc(C(O)=C(C=Nc2ccc(Br)cc2)C(=O)C(F)(F)F)cc1. The lowest BCUT2D eigenvalue weighted by Crippen LogP contribution is -2.26. The number of hydrogen-bond acceptors (Lipinski definition) is 4. The number of hydrogen-bond donors (Lipinski definition) is 1. The van der Waals surface area contributed by atoms with E-state index in [-0.39, 0.29) is 5.56 Å². The molecule has 0 aliphatic carbocycles. The molecule has 0 radical (unpaired) electrons. The molecule has 2 aromatic carbocycles. The lowest BCUT2D eigenvalue weighted by molar-refractivity contribution is -0.165. The fourth-order valence-electron chi connectivity index (χ4n) is 1.95. The number of aliphatic imine (C=N–C) groups is 1. The van der Waals surface area contributed by atoms with Crippen LogP contribution in [0.15, 0.2) is 63.6 Å². The first-order valence-electron chi connectivity index (χ1n) is 7.21. The predicted octanol–water partition coefficient (Wildman–Crippen LogP) is 5.26. The average molecular weight is 428 g/mol. The van der Waals surface area contributed by atoms with Crippen LogP contribution in [0.3, 0.4) is 0 Å². The van der Waals surface area contributed by atoms with Crippen molar-refractivity contribution in [2.45, 2.75) is 6.18 Å². The molecule has 26 heavy (non-hydrogen) atoms. The zero-order chi connectivity index (χ0) is 19.3. The van der Waals surface area contributed by atoms with Gasteiger partial charge in [-0.2, -0.15) is 13.2 Å². The molecule has 0 heterocycles. The van der Waals surface area contributed by atoms with Crippen molar-refractivity contribution >= 4 is 39.4 Å². The monoisotopic (exact) mass is 427 g/mol. The van der Waals surface area contributed by atoms with E-state index in [4.69, 9.17) is 4.74 Å². The summed E-state index contributed by atoms with van der Waals surface area (Å²) >= 11 is 3.23. The summed E-state index contributed by atoms with van der Waals surface area (Å²) < 4.78 is 44.4. The molecule has 2 aromatic rings. The summed E-state index contributed by atoms with van der Waals surface area (Å²) in [5.74, 6) is -2.56. The Morgan fingerprint density at radius 2 is 1.69 bits per heavy atom. The van der Waals surface area contributed by atoms with Gasteiger partial charge in [-0.15, -0.1) is 0 Å². The quantitative estimate of drug-likeness (QED) is 0.402. The molecular formula is C18H13BrF3NO3. The highest BCUT2D eigenvalue weighted by Gasteiger charge is 2.41. The number of rotatable bonds is 5. The number of halogens is 4. The molecule has 0 bridgehead atoms. The Hall–Kier alpha value is -2.61. The summed E-state index contributed by atoms with van der Waals surface area (Å²) in [6.45, 7) is 0. The van der Waals surface area contributed by atoms with Gasteiger partial charge in [0.2, 0.25) is 0 Å². The molecule has 0 aliphatic heterocycles. The molecule has 1 N–H and O–H groups in total. The van der Waals surface area contributed by atoms with Crippen molar-refractivity contribution in [1.82, 2.24) is 0 Å². The van der Waals surface area contributed by atoms with Gasteiger partial charge in [-0.25, -0.2) is 0 Å². The zero-order valence-electron chi connectivity index (χ0n) is 13.4. The van der Waals surface area contributed by atoms with E-state index in [1.807, 2.05) is 0 Å². The van der Waals surface area contributed by atoms with Gasteiger partial charge in [0, 0.05) is 16.3 Å². The number of carbonyl (C=O) groups excluding carboxylic acids is 1. The second-order valence-corrected chi connectivity index (χ2v) is 5.97. The van der Waals surface area contributed by atoms with Crippen LogP contribution in [0, 0.1) is 0 Å². The van der Waals surface area contributed by atoms with E-state index in [0.29, 0.717) is 17.7 Å². The Bertz CT molecular complexity index is 841. The molecule has 0 saturated carbocycles. The molecule has 2 rings (SSSR count). The van der Waals surface area contributed by atoms with Gasteiger partial charge in [0.25, 0.3) is 5.78 Å². The normalized spacial score (nSPS) is 12.8. The highest BCUT2D eigenvalue weighted by molar-refractivity contribution is 9.10. The fraction of sp³-hybridized carbons (Fsp3) is 0.111. The lowest BCUT2D eigenvalue weighted by Gasteiger charge is -2.09. The number of nitrogens with zero attached hydrogens (tertiary/aromatic N) is 1. The van der Waals surface area contributed by atoms with Gasteiger partial charge in [-0.1, -0.05) is 15.9 Å². The van der Waals surface area contributed by atoms with Gasteiger partial charge in [0.05, 0.1) is 18.4 Å². The van der Waals surface area contributed by atoms with Crippen molar-refractivity contribution in [1.29, 1.82) is 0 Å². The minimum atomic E-state index is -5.15. The second kappa shape index (κ2) is 8.18. The molecule has 0 fully saturated rings. The molecule has 0 aromatic heterocycles. The van der Waals surface area contributed by atoms with Crippen molar-refractivity contribution in [2.75, 3.05) is 7.11 Å². The van der Waals surface area contributed by atoms with Gasteiger partial charge in [0.1, 0.15) is 11.5 Å². The minimum Gasteiger partial charge on any atom is -0.506 e. The molecule has 8 heteroatoms. The summed E-state index contributed by atoms with van der Waals surface area (Å²) in [6.07, 6.45) is -4.44. The number of ether oxygens (including phenoxy) is 1. The standard InChI is InChI=1S/C18H13BrF3NO3/c1-26-14-8-2-11(3-9-14)16(24)15(17(25)18(20,21)22)10-23-13-6-4-12(19)5-7-13/h2-10,24H,1H3. The molecule has 0 amide bonds. The molecule has 0 spiro atoms. The molecule has 136 valence electrons. The third kappa shape index (κ3) is 4.95. The van der Waals surface area contributed by atoms with Crippen LogP contribution in [0.4, 0.5) is 18.9 Å². The second-order valence-electron chi connectivity index (χ2n) is 5.05.